The first-order valence-electron chi connectivity index (χ1n) is 14.8. The first-order chi connectivity index (χ1) is 21.2. The predicted octanol–water partition coefficient (Wildman–Crippen LogP) is 6.38. The quantitative estimate of drug-likeness (QED) is 0.206. The Hall–Kier alpha value is -4.61. The fourth-order valence-electron chi connectivity index (χ4n) is 5.14. The summed E-state index contributed by atoms with van der Waals surface area (Å²) in [6, 6.07) is 16.4. The number of fused-ring (bicyclic) bond motifs is 1. The van der Waals surface area contributed by atoms with E-state index in [-0.39, 0.29) is 30.9 Å². The van der Waals surface area contributed by atoms with Crippen molar-refractivity contribution in [3.63, 3.8) is 0 Å². The van der Waals surface area contributed by atoms with Crippen LogP contribution in [0.2, 0.25) is 0 Å². The fourth-order valence-corrected chi connectivity index (χ4v) is 5.14. The van der Waals surface area contributed by atoms with Crippen molar-refractivity contribution < 1.29 is 27.5 Å². The maximum Gasteiger partial charge on any atom is 0.416 e. The van der Waals surface area contributed by atoms with Gasteiger partial charge in [0.15, 0.2) is 0 Å². The molecule has 1 N–H and O–H groups in total. The zero-order chi connectivity index (χ0) is 32.9. The second kappa shape index (κ2) is 13.6. The number of nitrogens with one attached hydrogen (secondary N) is 1. The number of amides is 2. The molecule has 4 rings (SSSR count). The number of ether oxygens (including phenoxy) is 1. The zero-order valence-corrected chi connectivity index (χ0v) is 26.0. The lowest BCUT2D eigenvalue weighted by molar-refractivity contribution is -0.137. The summed E-state index contributed by atoms with van der Waals surface area (Å²) < 4.78 is 48.0. The van der Waals surface area contributed by atoms with E-state index in [0.717, 1.165) is 29.8 Å². The van der Waals surface area contributed by atoms with Crippen LogP contribution >= 0.6 is 0 Å². The van der Waals surface area contributed by atoms with Gasteiger partial charge in [0.1, 0.15) is 5.60 Å². The summed E-state index contributed by atoms with van der Waals surface area (Å²) in [5.41, 5.74) is 0.761. The molecule has 45 heavy (non-hydrogen) atoms. The second-order valence-electron chi connectivity index (χ2n) is 11.8. The highest BCUT2D eigenvalue weighted by atomic mass is 19.4. The highest BCUT2D eigenvalue weighted by Gasteiger charge is 2.32. The van der Waals surface area contributed by atoms with Gasteiger partial charge in [-0.3, -0.25) is 9.36 Å². The van der Waals surface area contributed by atoms with Crippen molar-refractivity contribution in [3.8, 4) is 0 Å². The highest BCUT2D eigenvalue weighted by Crippen LogP contribution is 2.31. The minimum Gasteiger partial charge on any atom is -0.444 e. The number of rotatable bonds is 10. The Labute approximate surface area is 259 Å². The molecular formula is C33H38F3N5O4. The Bertz CT molecular complexity index is 1690. The average Bonchev–Trinajstić information content (AvgIpc) is 3.35. The van der Waals surface area contributed by atoms with Crippen LogP contribution in [0.3, 0.4) is 0 Å². The molecule has 9 nitrogen and oxygen atoms in total. The number of carbonyl (C=O) groups is 2. The summed E-state index contributed by atoms with van der Waals surface area (Å²) in [5, 5.41) is 7.04. The molecule has 0 aliphatic rings. The van der Waals surface area contributed by atoms with Gasteiger partial charge in [-0.15, -0.1) is 0 Å². The topological polar surface area (TPSA) is 97.9 Å². The normalized spacial score (nSPS) is 12.6. The van der Waals surface area contributed by atoms with E-state index in [1.165, 1.54) is 4.52 Å². The minimum atomic E-state index is -4.55. The van der Waals surface area contributed by atoms with Crippen LogP contribution in [0, 0.1) is 6.92 Å². The van der Waals surface area contributed by atoms with Gasteiger partial charge >= 0.3 is 18.0 Å². The maximum absolute atomic E-state index is 14.0. The van der Waals surface area contributed by atoms with Gasteiger partial charge in [0.2, 0.25) is 0 Å². The van der Waals surface area contributed by atoms with Crippen LogP contribution in [0.15, 0.2) is 71.5 Å². The number of hydrogen-bond acceptors (Lipinski definition) is 5. The van der Waals surface area contributed by atoms with E-state index in [1.807, 2.05) is 43.3 Å². The first kappa shape index (κ1) is 33.3. The van der Waals surface area contributed by atoms with Gasteiger partial charge in [-0.1, -0.05) is 37.3 Å². The lowest BCUT2D eigenvalue weighted by Gasteiger charge is -2.33. The SMILES string of the molecule is CC[C@H](c1cc2cc(C)nn2c(=O)n1Cc1ccccc1)N(CCCNC(=O)OC(C)(C)C)C(=O)c1ccc(C(F)(F)F)cc1. The number of halogens is 3. The number of hydrogen-bond donors (Lipinski definition) is 1. The number of nitrogens with zero attached hydrogens (tertiary/aromatic N) is 4. The number of alkyl halides is 3. The molecule has 2 amide bonds. The number of carbonyl (C=O) groups excluding carboxylic acids is 2. The molecule has 2 aromatic carbocycles. The molecule has 0 fully saturated rings. The van der Waals surface area contributed by atoms with Crippen molar-refractivity contribution in [2.75, 3.05) is 13.1 Å². The Morgan fingerprint density at radius 3 is 2.29 bits per heavy atom. The first-order valence-corrected chi connectivity index (χ1v) is 14.8. The van der Waals surface area contributed by atoms with Crippen molar-refractivity contribution in [1.82, 2.24) is 24.4 Å². The van der Waals surface area contributed by atoms with Crippen LogP contribution in [-0.2, 0) is 17.5 Å². The Kier molecular flexibility index (Phi) is 10.0. The molecule has 0 bridgehead atoms. The molecule has 0 saturated heterocycles. The molecule has 0 unspecified atom stereocenters. The van der Waals surface area contributed by atoms with Crippen molar-refractivity contribution in [2.45, 2.75) is 71.8 Å². The second-order valence-corrected chi connectivity index (χ2v) is 11.8. The van der Waals surface area contributed by atoms with Gasteiger partial charge in [-0.25, -0.2) is 9.59 Å². The Morgan fingerprint density at radius 1 is 1.02 bits per heavy atom. The Balaban J connectivity index is 1.75. The molecule has 0 saturated carbocycles. The third kappa shape index (κ3) is 8.31. The Morgan fingerprint density at radius 2 is 1.69 bits per heavy atom. The van der Waals surface area contributed by atoms with Gasteiger partial charge in [-0.05, 0) is 82.5 Å². The van der Waals surface area contributed by atoms with Crippen molar-refractivity contribution in [1.29, 1.82) is 0 Å². The number of alkyl carbamates (subject to hydrolysis) is 1. The van der Waals surface area contributed by atoms with Crippen LogP contribution in [0.25, 0.3) is 5.52 Å². The molecular weight excluding hydrogens is 587 g/mol. The third-order valence-corrected chi connectivity index (χ3v) is 7.13. The summed E-state index contributed by atoms with van der Waals surface area (Å²) >= 11 is 0. The molecule has 0 aliphatic heterocycles. The van der Waals surface area contributed by atoms with E-state index in [0.29, 0.717) is 29.7 Å². The van der Waals surface area contributed by atoms with E-state index in [2.05, 4.69) is 10.4 Å². The lowest BCUT2D eigenvalue weighted by Crippen LogP contribution is -2.41. The van der Waals surface area contributed by atoms with Crippen LogP contribution in [0.1, 0.15) is 79.5 Å². The summed E-state index contributed by atoms with van der Waals surface area (Å²) in [6.45, 7) is 9.42. The minimum absolute atomic E-state index is 0.0692. The van der Waals surface area contributed by atoms with E-state index >= 15 is 0 Å². The molecule has 240 valence electrons. The van der Waals surface area contributed by atoms with Gasteiger partial charge < -0.3 is 15.0 Å². The van der Waals surface area contributed by atoms with Crippen LogP contribution < -0.4 is 11.0 Å². The smallest absolute Gasteiger partial charge is 0.416 e. The number of aryl methyl sites for hydroxylation is 1. The molecule has 0 spiro atoms. The molecule has 4 aromatic rings. The van der Waals surface area contributed by atoms with Crippen LogP contribution in [0.5, 0.6) is 0 Å². The van der Waals surface area contributed by atoms with Gasteiger partial charge in [-0.2, -0.15) is 22.8 Å². The van der Waals surface area contributed by atoms with Crippen molar-refractivity contribution >= 4 is 17.5 Å². The standard InChI is InChI=1S/C33H38F3N5O4/c1-6-27(28-20-26-19-22(2)38-41(26)31(44)40(28)21-23-11-8-7-9-12-23)39(18-10-17-37-30(43)45-32(3,4)5)29(42)24-13-15-25(16-14-24)33(34,35)36/h7-9,11-16,19-20,27H,6,10,17-18,21H2,1-5H3,(H,37,43)/t27-/m1/s1. The molecule has 0 radical (unpaired) electrons. The summed E-state index contributed by atoms with van der Waals surface area (Å²) in [6.07, 6.45) is -4.44. The number of aromatic nitrogens is 3. The van der Waals surface area contributed by atoms with E-state index in [4.69, 9.17) is 4.74 Å². The molecule has 2 heterocycles. The lowest BCUT2D eigenvalue weighted by atomic mass is 10.0. The molecule has 1 atom stereocenters. The maximum atomic E-state index is 14.0. The van der Waals surface area contributed by atoms with Crippen LogP contribution in [0.4, 0.5) is 18.0 Å². The average molecular weight is 626 g/mol. The summed E-state index contributed by atoms with van der Waals surface area (Å²) in [7, 11) is 0. The zero-order valence-electron chi connectivity index (χ0n) is 26.0. The summed E-state index contributed by atoms with van der Waals surface area (Å²) in [5.74, 6) is -0.504. The van der Waals surface area contributed by atoms with Gasteiger partial charge in [0, 0.05) is 24.3 Å². The van der Waals surface area contributed by atoms with E-state index in [9.17, 15) is 27.6 Å². The largest absolute Gasteiger partial charge is 0.444 e. The molecule has 0 aliphatic carbocycles. The van der Waals surface area contributed by atoms with Gasteiger partial charge in [0.25, 0.3) is 5.91 Å². The third-order valence-electron chi connectivity index (χ3n) is 7.13. The van der Waals surface area contributed by atoms with E-state index < -0.39 is 35.4 Å². The van der Waals surface area contributed by atoms with E-state index in [1.54, 1.807) is 43.2 Å². The van der Waals surface area contributed by atoms with Crippen molar-refractivity contribution in [3.05, 3.63) is 105 Å². The molecule has 2 aromatic heterocycles. The van der Waals surface area contributed by atoms with Crippen LogP contribution in [-0.4, -0.2) is 49.8 Å². The fraction of sp³-hybridized carbons (Fsp3) is 0.394. The highest BCUT2D eigenvalue weighted by molar-refractivity contribution is 5.94. The predicted molar refractivity (Wildman–Crippen MR) is 164 cm³/mol. The van der Waals surface area contributed by atoms with Gasteiger partial charge in [0.05, 0.1) is 29.4 Å². The van der Waals surface area contributed by atoms with Crippen molar-refractivity contribution in [2.24, 2.45) is 0 Å². The number of benzene rings is 2. The summed E-state index contributed by atoms with van der Waals surface area (Å²) in [4.78, 5) is 41.6. The monoisotopic (exact) mass is 625 g/mol. The molecule has 12 heteroatoms.